The third kappa shape index (κ3) is 10.6. The number of piperidine rings is 1. The van der Waals surface area contributed by atoms with Gasteiger partial charge in [-0.1, -0.05) is 66.7 Å². The van der Waals surface area contributed by atoms with Crippen molar-refractivity contribution >= 4 is 29.6 Å². The molecule has 1 aliphatic rings. The second-order valence-electron chi connectivity index (χ2n) is 10.5. The van der Waals surface area contributed by atoms with Crippen molar-refractivity contribution < 1.29 is 33.8 Å². The Morgan fingerprint density at radius 1 is 0.884 bits per heavy atom. The van der Waals surface area contributed by atoms with Crippen molar-refractivity contribution in [2.24, 2.45) is 0 Å². The number of aliphatic carboxylic acids is 1. The van der Waals surface area contributed by atoms with Gasteiger partial charge in [-0.15, -0.1) is 0 Å². The van der Waals surface area contributed by atoms with Crippen LogP contribution in [0.25, 0.3) is 0 Å². The van der Waals surface area contributed by atoms with Crippen LogP contribution in [0.15, 0.2) is 84.9 Å². The number of nitrogens with one attached hydrogen (secondary N) is 2. The molecule has 0 radical (unpaired) electrons. The third-order valence-corrected chi connectivity index (χ3v) is 7.14. The summed E-state index contributed by atoms with van der Waals surface area (Å²) in [5, 5.41) is 14.9. The van der Waals surface area contributed by atoms with Crippen molar-refractivity contribution in [1.29, 1.82) is 0 Å². The maximum atomic E-state index is 12.9. The number of carboxylic acids is 1. The molecule has 1 aliphatic heterocycles. The molecule has 0 aromatic heterocycles. The Balaban J connectivity index is 1.19. The highest BCUT2D eigenvalue weighted by atomic mass is 16.6. The summed E-state index contributed by atoms with van der Waals surface area (Å²) in [6, 6.07) is 25.1. The Labute approximate surface area is 251 Å². The van der Waals surface area contributed by atoms with Crippen LogP contribution in [0.3, 0.4) is 0 Å². The minimum atomic E-state index is -0.993. The molecule has 3 N–H and O–H groups in total. The number of benzene rings is 3. The second-order valence-corrected chi connectivity index (χ2v) is 10.5. The van der Waals surface area contributed by atoms with Crippen LogP contribution < -0.4 is 10.6 Å². The van der Waals surface area contributed by atoms with Gasteiger partial charge in [0.1, 0.15) is 13.2 Å². The van der Waals surface area contributed by atoms with E-state index in [0.717, 1.165) is 11.1 Å². The summed E-state index contributed by atoms with van der Waals surface area (Å²) in [5.41, 5.74) is 2.72. The molecule has 1 unspecified atom stereocenters. The molecular weight excluding hydrogens is 550 g/mol. The number of hydrogen-bond acceptors (Lipinski definition) is 6. The number of anilines is 1. The van der Waals surface area contributed by atoms with E-state index in [1.165, 1.54) is 0 Å². The van der Waals surface area contributed by atoms with Crippen LogP contribution in [0.1, 0.15) is 47.2 Å². The number of carbonyl (C=O) groups excluding carboxylic acids is 3. The lowest BCUT2D eigenvalue weighted by atomic mass is 10.0. The fourth-order valence-electron chi connectivity index (χ4n) is 4.83. The predicted molar refractivity (Wildman–Crippen MR) is 161 cm³/mol. The largest absolute Gasteiger partial charge is 0.481 e. The van der Waals surface area contributed by atoms with Gasteiger partial charge in [-0.05, 0) is 55.0 Å². The van der Waals surface area contributed by atoms with Crippen molar-refractivity contribution in [3.05, 3.63) is 102 Å². The van der Waals surface area contributed by atoms with Gasteiger partial charge in [0.25, 0.3) is 5.91 Å². The summed E-state index contributed by atoms with van der Waals surface area (Å²) >= 11 is 0. The maximum Gasteiger partial charge on any atom is 0.410 e. The molecule has 1 heterocycles. The first-order valence-electron chi connectivity index (χ1n) is 14.4. The second kappa shape index (κ2) is 16.1. The molecule has 43 heavy (non-hydrogen) atoms. The molecule has 4 rings (SSSR count). The molecule has 3 aromatic rings. The summed E-state index contributed by atoms with van der Waals surface area (Å²) in [7, 11) is 0. The van der Waals surface area contributed by atoms with E-state index in [-0.39, 0.29) is 37.7 Å². The van der Waals surface area contributed by atoms with Crippen molar-refractivity contribution in [2.45, 2.75) is 50.9 Å². The molecule has 3 aromatic carbocycles. The fourth-order valence-corrected chi connectivity index (χ4v) is 4.83. The Kier molecular flexibility index (Phi) is 11.7. The van der Waals surface area contributed by atoms with Crippen molar-refractivity contribution in [3.8, 4) is 0 Å². The molecule has 0 spiro atoms. The molecule has 1 fully saturated rings. The van der Waals surface area contributed by atoms with E-state index in [2.05, 4.69) is 10.6 Å². The molecule has 226 valence electrons. The summed E-state index contributed by atoms with van der Waals surface area (Å²) in [4.78, 5) is 50.9. The van der Waals surface area contributed by atoms with Crippen molar-refractivity contribution in [3.63, 3.8) is 0 Å². The molecule has 1 saturated heterocycles. The topological polar surface area (TPSA) is 134 Å². The molecule has 0 saturated carbocycles. The Morgan fingerprint density at radius 2 is 1.56 bits per heavy atom. The van der Waals surface area contributed by atoms with E-state index in [1.807, 2.05) is 60.7 Å². The van der Waals surface area contributed by atoms with Gasteiger partial charge in [-0.2, -0.15) is 0 Å². The maximum absolute atomic E-state index is 12.9. The van der Waals surface area contributed by atoms with E-state index < -0.39 is 17.9 Å². The van der Waals surface area contributed by atoms with Crippen LogP contribution in [-0.2, 0) is 32.1 Å². The smallest absolute Gasteiger partial charge is 0.410 e. The van der Waals surface area contributed by atoms with Crippen LogP contribution in [0.4, 0.5) is 10.5 Å². The first kappa shape index (κ1) is 31.2. The zero-order valence-electron chi connectivity index (χ0n) is 23.9. The van der Waals surface area contributed by atoms with Crippen molar-refractivity contribution in [1.82, 2.24) is 10.2 Å². The molecule has 10 nitrogen and oxygen atoms in total. The van der Waals surface area contributed by atoms with Gasteiger partial charge in [-0.3, -0.25) is 14.4 Å². The first-order chi connectivity index (χ1) is 20.9. The highest BCUT2D eigenvalue weighted by molar-refractivity contribution is 5.97. The minimum Gasteiger partial charge on any atom is -0.481 e. The van der Waals surface area contributed by atoms with E-state index in [9.17, 15) is 24.3 Å². The predicted octanol–water partition coefficient (Wildman–Crippen LogP) is 4.65. The zero-order chi connectivity index (χ0) is 30.4. The molecule has 1 atom stereocenters. The highest BCUT2D eigenvalue weighted by Gasteiger charge is 2.25. The SMILES string of the molecule is O=C(O)CC(CCc1ccccc1)NC(=O)c1cccc(NC(=O)COC2CCN(C(=O)OCc3ccccc3)CC2)c1. The summed E-state index contributed by atoms with van der Waals surface area (Å²) in [6.07, 6.45) is 1.56. The number of nitrogens with zero attached hydrogens (tertiary/aromatic N) is 1. The monoisotopic (exact) mass is 587 g/mol. The number of carboxylic acid groups (broad SMARTS) is 1. The number of aryl methyl sites for hydroxylation is 1. The van der Waals surface area contributed by atoms with Gasteiger partial charge in [0.2, 0.25) is 5.91 Å². The Bertz CT molecular complexity index is 1360. The van der Waals surface area contributed by atoms with Gasteiger partial charge in [0.05, 0.1) is 12.5 Å². The lowest BCUT2D eigenvalue weighted by molar-refractivity contribution is -0.137. The average molecular weight is 588 g/mol. The molecule has 10 heteroatoms. The lowest BCUT2D eigenvalue weighted by Gasteiger charge is -2.31. The fraction of sp³-hybridized carbons (Fsp3) is 0.333. The standard InChI is InChI=1S/C33H37N3O7/c37-30(23-42-29-16-18-36(19-17-29)33(41)43-22-25-10-5-2-6-11-25)34-27-13-7-12-26(20-27)32(40)35-28(21-31(38)39)15-14-24-8-3-1-4-9-24/h1-13,20,28-29H,14-19,21-23H2,(H,34,37)(H,35,40)(H,38,39). The number of ether oxygens (including phenoxy) is 2. The minimum absolute atomic E-state index is 0.164. The lowest BCUT2D eigenvalue weighted by Crippen LogP contribution is -2.41. The number of amides is 3. The molecule has 3 amide bonds. The van der Waals surface area contributed by atoms with Gasteiger partial charge in [0.15, 0.2) is 0 Å². The Hall–Kier alpha value is -4.70. The van der Waals surface area contributed by atoms with Crippen LogP contribution in [0.2, 0.25) is 0 Å². The average Bonchev–Trinajstić information content (AvgIpc) is 3.02. The van der Waals surface area contributed by atoms with Gasteiger partial charge >= 0.3 is 12.1 Å². The van der Waals surface area contributed by atoms with Crippen LogP contribution in [0.5, 0.6) is 0 Å². The molecule has 0 bridgehead atoms. The van der Waals surface area contributed by atoms with E-state index in [1.54, 1.807) is 29.2 Å². The summed E-state index contributed by atoms with van der Waals surface area (Å²) in [6.45, 7) is 1.01. The summed E-state index contributed by atoms with van der Waals surface area (Å²) in [5.74, 6) is -1.78. The summed E-state index contributed by atoms with van der Waals surface area (Å²) < 4.78 is 11.2. The van der Waals surface area contributed by atoms with E-state index in [4.69, 9.17) is 9.47 Å². The highest BCUT2D eigenvalue weighted by Crippen LogP contribution is 2.17. The van der Waals surface area contributed by atoms with Gasteiger partial charge in [0, 0.05) is 30.4 Å². The number of carbonyl (C=O) groups is 4. The third-order valence-electron chi connectivity index (χ3n) is 7.14. The quantitative estimate of drug-likeness (QED) is 0.265. The van der Waals surface area contributed by atoms with E-state index in [0.29, 0.717) is 50.0 Å². The number of likely N-dealkylation sites (tertiary alicyclic amines) is 1. The van der Waals surface area contributed by atoms with Crippen LogP contribution >= 0.6 is 0 Å². The van der Waals surface area contributed by atoms with Crippen molar-refractivity contribution in [2.75, 3.05) is 25.0 Å². The first-order valence-corrected chi connectivity index (χ1v) is 14.4. The normalized spacial score (nSPS) is 14.0. The molecular formula is C33H37N3O7. The van der Waals surface area contributed by atoms with Crippen LogP contribution in [-0.4, -0.2) is 65.7 Å². The van der Waals surface area contributed by atoms with Gasteiger partial charge < -0.3 is 30.1 Å². The number of rotatable bonds is 13. The zero-order valence-corrected chi connectivity index (χ0v) is 23.9. The number of hydrogen-bond donors (Lipinski definition) is 3. The van der Waals surface area contributed by atoms with Gasteiger partial charge in [-0.25, -0.2) is 4.79 Å². The van der Waals surface area contributed by atoms with E-state index >= 15 is 0 Å². The van der Waals surface area contributed by atoms with Crippen LogP contribution in [0, 0.1) is 0 Å². The molecule has 0 aliphatic carbocycles. The Morgan fingerprint density at radius 3 is 2.23 bits per heavy atom.